The van der Waals surface area contributed by atoms with Crippen LogP contribution in [0.25, 0.3) is 0 Å². The van der Waals surface area contributed by atoms with Crippen molar-refractivity contribution in [1.29, 1.82) is 0 Å². The third-order valence-corrected chi connectivity index (χ3v) is 3.62. The number of hydrogen-bond donors (Lipinski definition) is 1. The number of anilines is 1. The van der Waals surface area contributed by atoms with Gasteiger partial charge >= 0.3 is 0 Å². The highest BCUT2D eigenvalue weighted by molar-refractivity contribution is 5.90. The van der Waals surface area contributed by atoms with Crippen molar-refractivity contribution in [3.05, 3.63) is 24.3 Å². The van der Waals surface area contributed by atoms with Crippen LogP contribution in [0.2, 0.25) is 0 Å². The van der Waals surface area contributed by atoms with E-state index >= 15 is 0 Å². The van der Waals surface area contributed by atoms with Crippen molar-refractivity contribution in [3.63, 3.8) is 0 Å². The van der Waals surface area contributed by atoms with E-state index in [0.29, 0.717) is 6.42 Å². The molecule has 5 nitrogen and oxygen atoms in total. The normalized spacial score (nSPS) is 15.4. The summed E-state index contributed by atoms with van der Waals surface area (Å²) in [5, 5.41) is 2.91. The number of likely N-dealkylation sites (N-methyl/N-ethyl adjacent to an activating group) is 1. The van der Waals surface area contributed by atoms with Crippen LogP contribution in [0.3, 0.4) is 0 Å². The fraction of sp³-hybridized carbons (Fsp3) is 0.533. The third-order valence-electron chi connectivity index (χ3n) is 3.62. The standard InChI is InChI=1S/C15H23N3O2.2ClH/c1-17-9-11-18(12-10-17)8-7-15(19)16-13-3-5-14(20-2)6-4-13;;/h3-6H,7-12H2,1-2H3,(H,16,19);2*1H/p-2. The second-order valence-corrected chi connectivity index (χ2v) is 5.17. The van der Waals surface area contributed by atoms with E-state index in [9.17, 15) is 4.79 Å². The molecule has 7 heteroatoms. The molecule has 0 saturated carbocycles. The molecule has 22 heavy (non-hydrogen) atoms. The number of piperazine rings is 1. The maximum atomic E-state index is 11.9. The molecule has 1 fully saturated rings. The van der Waals surface area contributed by atoms with Gasteiger partial charge in [-0.3, -0.25) is 4.79 Å². The number of ether oxygens (including phenoxy) is 1. The highest BCUT2D eigenvalue weighted by atomic mass is 35.5. The van der Waals surface area contributed by atoms with Crippen molar-refractivity contribution in [1.82, 2.24) is 9.80 Å². The zero-order valence-electron chi connectivity index (χ0n) is 13.0. The number of nitrogens with zero attached hydrogens (tertiary/aromatic N) is 2. The van der Waals surface area contributed by atoms with Gasteiger partial charge < -0.3 is 44.7 Å². The van der Waals surface area contributed by atoms with Crippen molar-refractivity contribution in [3.8, 4) is 5.75 Å². The van der Waals surface area contributed by atoms with Gasteiger partial charge in [0, 0.05) is 44.8 Å². The second-order valence-electron chi connectivity index (χ2n) is 5.17. The summed E-state index contributed by atoms with van der Waals surface area (Å²) in [5.74, 6) is 0.856. The van der Waals surface area contributed by atoms with Crippen LogP contribution < -0.4 is 34.9 Å². The van der Waals surface area contributed by atoms with Crippen LogP contribution in [-0.4, -0.2) is 62.6 Å². The maximum Gasteiger partial charge on any atom is 0.225 e. The Labute approximate surface area is 144 Å². The number of methoxy groups -OCH3 is 1. The topological polar surface area (TPSA) is 44.8 Å². The fourth-order valence-electron chi connectivity index (χ4n) is 2.23. The minimum Gasteiger partial charge on any atom is -1.00 e. The van der Waals surface area contributed by atoms with E-state index in [2.05, 4.69) is 22.2 Å². The summed E-state index contributed by atoms with van der Waals surface area (Å²) in [7, 11) is 3.76. The molecule has 2 rings (SSSR count). The zero-order valence-corrected chi connectivity index (χ0v) is 14.5. The van der Waals surface area contributed by atoms with E-state index < -0.39 is 0 Å². The molecule has 0 bridgehead atoms. The van der Waals surface area contributed by atoms with Gasteiger partial charge in [0.25, 0.3) is 0 Å². The first kappa shape index (κ1) is 21.0. The highest BCUT2D eigenvalue weighted by Gasteiger charge is 2.14. The Morgan fingerprint density at radius 3 is 2.27 bits per heavy atom. The van der Waals surface area contributed by atoms with Crippen LogP contribution >= 0.6 is 0 Å². The Kier molecular flexibility index (Phi) is 10.2. The molecule has 0 aromatic heterocycles. The lowest BCUT2D eigenvalue weighted by molar-refractivity contribution is -0.116. The van der Waals surface area contributed by atoms with E-state index in [0.717, 1.165) is 44.2 Å². The Morgan fingerprint density at radius 2 is 1.73 bits per heavy atom. The molecule has 1 amide bonds. The molecule has 1 aliphatic rings. The van der Waals surface area contributed by atoms with Crippen LogP contribution in [0.4, 0.5) is 5.69 Å². The van der Waals surface area contributed by atoms with Gasteiger partial charge in [-0.1, -0.05) is 0 Å². The largest absolute Gasteiger partial charge is 1.00 e. The van der Waals surface area contributed by atoms with Crippen LogP contribution in [0.5, 0.6) is 5.75 Å². The van der Waals surface area contributed by atoms with Gasteiger partial charge in [0.2, 0.25) is 5.91 Å². The minimum absolute atomic E-state index is 0. The maximum absolute atomic E-state index is 11.9. The molecular weight excluding hydrogens is 325 g/mol. The first-order valence-corrected chi connectivity index (χ1v) is 7.02. The van der Waals surface area contributed by atoms with Crippen molar-refractivity contribution < 1.29 is 34.3 Å². The van der Waals surface area contributed by atoms with E-state index in [4.69, 9.17) is 4.74 Å². The van der Waals surface area contributed by atoms with Gasteiger partial charge in [-0.25, -0.2) is 0 Å². The molecule has 1 N–H and O–H groups in total. The summed E-state index contributed by atoms with van der Waals surface area (Å²) < 4.78 is 5.09. The molecule has 0 aliphatic carbocycles. The number of hydrogen-bond acceptors (Lipinski definition) is 4. The molecular formula is C15H23Cl2N3O2-2. The number of carbonyl (C=O) groups is 1. The quantitative estimate of drug-likeness (QED) is 0.581. The summed E-state index contributed by atoms with van der Waals surface area (Å²) in [6.45, 7) is 5.09. The summed E-state index contributed by atoms with van der Waals surface area (Å²) in [6, 6.07) is 7.39. The molecule has 0 unspecified atom stereocenters. The summed E-state index contributed by atoms with van der Waals surface area (Å²) >= 11 is 0. The van der Waals surface area contributed by atoms with Gasteiger partial charge in [0.05, 0.1) is 7.11 Å². The number of halogens is 2. The van der Waals surface area contributed by atoms with E-state index in [1.807, 2.05) is 24.3 Å². The van der Waals surface area contributed by atoms with Crippen LogP contribution in [0, 0.1) is 0 Å². The van der Waals surface area contributed by atoms with Crippen LogP contribution in [0.15, 0.2) is 24.3 Å². The smallest absolute Gasteiger partial charge is 0.225 e. The van der Waals surface area contributed by atoms with Gasteiger partial charge in [-0.15, -0.1) is 0 Å². The Balaban J connectivity index is 0.00000220. The zero-order chi connectivity index (χ0) is 14.4. The Hall–Kier alpha value is -1.01. The minimum atomic E-state index is 0. The number of benzene rings is 1. The van der Waals surface area contributed by atoms with Crippen LogP contribution in [-0.2, 0) is 4.79 Å². The second kappa shape index (κ2) is 10.7. The lowest BCUT2D eigenvalue weighted by Crippen LogP contribution is -3.00. The van der Waals surface area contributed by atoms with Crippen molar-refractivity contribution in [2.75, 3.05) is 52.2 Å². The fourth-order valence-corrected chi connectivity index (χ4v) is 2.23. The molecule has 1 aliphatic heterocycles. The monoisotopic (exact) mass is 347 g/mol. The van der Waals surface area contributed by atoms with Gasteiger partial charge in [-0.05, 0) is 31.3 Å². The van der Waals surface area contributed by atoms with Gasteiger partial charge in [-0.2, -0.15) is 0 Å². The highest BCUT2D eigenvalue weighted by Crippen LogP contribution is 2.15. The Morgan fingerprint density at radius 1 is 1.14 bits per heavy atom. The summed E-state index contributed by atoms with van der Waals surface area (Å²) in [4.78, 5) is 16.5. The number of nitrogens with one attached hydrogen (secondary N) is 1. The van der Waals surface area contributed by atoms with E-state index in [1.54, 1.807) is 7.11 Å². The number of carbonyl (C=O) groups excluding carboxylic acids is 1. The van der Waals surface area contributed by atoms with E-state index in [-0.39, 0.29) is 30.7 Å². The van der Waals surface area contributed by atoms with Gasteiger partial charge in [0.15, 0.2) is 0 Å². The van der Waals surface area contributed by atoms with E-state index in [1.165, 1.54) is 0 Å². The lowest BCUT2D eigenvalue weighted by atomic mass is 10.2. The number of amides is 1. The SMILES string of the molecule is COc1ccc(NC(=O)CCN2CCN(C)CC2)cc1.[Cl-].[Cl-]. The molecule has 0 atom stereocenters. The first-order chi connectivity index (χ1) is 9.67. The lowest BCUT2D eigenvalue weighted by Gasteiger charge is -2.32. The predicted molar refractivity (Wildman–Crippen MR) is 80.2 cm³/mol. The van der Waals surface area contributed by atoms with Crippen molar-refractivity contribution in [2.45, 2.75) is 6.42 Å². The molecule has 0 spiro atoms. The molecule has 1 saturated heterocycles. The summed E-state index contributed by atoms with van der Waals surface area (Å²) in [5.41, 5.74) is 0.814. The molecule has 0 radical (unpaired) electrons. The number of rotatable bonds is 5. The molecule has 126 valence electrons. The molecule has 1 heterocycles. The summed E-state index contributed by atoms with van der Waals surface area (Å²) in [6.07, 6.45) is 0.537. The average molecular weight is 348 g/mol. The predicted octanol–water partition coefficient (Wildman–Crippen LogP) is -4.72. The molecule has 1 aromatic carbocycles. The Bertz CT molecular complexity index is 435. The van der Waals surface area contributed by atoms with Crippen molar-refractivity contribution in [2.24, 2.45) is 0 Å². The average Bonchev–Trinajstić information content (AvgIpc) is 2.47. The third kappa shape index (κ3) is 6.83. The van der Waals surface area contributed by atoms with Crippen LogP contribution in [0.1, 0.15) is 6.42 Å². The molecule has 1 aromatic rings. The first-order valence-electron chi connectivity index (χ1n) is 7.02. The van der Waals surface area contributed by atoms with Gasteiger partial charge in [0.1, 0.15) is 5.75 Å². The van der Waals surface area contributed by atoms with Crippen molar-refractivity contribution >= 4 is 11.6 Å².